The average Bonchev–Trinajstić information content (AvgIpc) is 3.08. The van der Waals surface area contributed by atoms with E-state index < -0.39 is 5.92 Å². The molecule has 2 aliphatic rings. The lowest BCUT2D eigenvalue weighted by atomic mass is 9.73. The second-order valence-corrected chi connectivity index (χ2v) is 7.66. The van der Waals surface area contributed by atoms with E-state index in [1.165, 1.54) is 0 Å². The van der Waals surface area contributed by atoms with Gasteiger partial charge < -0.3 is 0 Å². The Bertz CT molecular complexity index is 816. The van der Waals surface area contributed by atoms with Gasteiger partial charge in [0.05, 0.1) is 0 Å². The van der Waals surface area contributed by atoms with Gasteiger partial charge in [-0.05, 0) is 66.1 Å². The van der Waals surface area contributed by atoms with Crippen molar-refractivity contribution in [2.45, 2.75) is 38.5 Å². The lowest BCUT2D eigenvalue weighted by Gasteiger charge is -2.27. The van der Waals surface area contributed by atoms with E-state index in [0.717, 1.165) is 47.9 Å². The number of aryl methyl sites for hydroxylation is 1. The zero-order chi connectivity index (χ0) is 17.6. The van der Waals surface area contributed by atoms with E-state index in [1.54, 1.807) is 0 Å². The molecular weight excluding hydrogens is 332 g/mol. The van der Waals surface area contributed by atoms with Crippen LogP contribution in [0.2, 0.25) is 5.02 Å². The Morgan fingerprint density at radius 2 is 1.52 bits per heavy atom. The molecule has 3 heteroatoms. The second kappa shape index (κ2) is 6.42. The van der Waals surface area contributed by atoms with E-state index in [9.17, 15) is 9.59 Å². The van der Waals surface area contributed by atoms with Crippen LogP contribution in [0.4, 0.5) is 0 Å². The standard InChI is InChI=1S/C22H21ClO2/c1-2-13-3-4-15(14-7-9-18(23)10-8-14)12-19(13)20-21(24)16-5-6-17(11-16)22(20)25/h3-4,7-10,12,16-17,20H,2,5-6,11H2,1H3. The Balaban J connectivity index is 1.80. The van der Waals surface area contributed by atoms with Crippen LogP contribution in [-0.2, 0) is 16.0 Å². The molecule has 2 atom stereocenters. The third-order valence-electron chi connectivity index (χ3n) is 5.82. The SMILES string of the molecule is CCc1ccc(-c2ccc(Cl)cc2)cc1C1C(=O)C2CCC(C2)C1=O. The van der Waals surface area contributed by atoms with Crippen LogP contribution in [0.3, 0.4) is 0 Å². The number of fused-ring (bicyclic) bond motifs is 2. The van der Waals surface area contributed by atoms with Gasteiger partial charge in [0.2, 0.25) is 0 Å². The summed E-state index contributed by atoms with van der Waals surface area (Å²) in [6.07, 6.45) is 3.35. The summed E-state index contributed by atoms with van der Waals surface area (Å²) in [5.41, 5.74) is 4.10. The lowest BCUT2D eigenvalue weighted by molar-refractivity contribution is -0.135. The zero-order valence-electron chi connectivity index (χ0n) is 14.3. The summed E-state index contributed by atoms with van der Waals surface area (Å²) >= 11 is 5.99. The van der Waals surface area contributed by atoms with Crippen LogP contribution in [-0.4, -0.2) is 11.6 Å². The first-order valence-electron chi connectivity index (χ1n) is 9.04. The fourth-order valence-electron chi connectivity index (χ4n) is 4.42. The minimum absolute atomic E-state index is 0.0802. The molecule has 2 fully saturated rings. The van der Waals surface area contributed by atoms with Crippen molar-refractivity contribution in [2.24, 2.45) is 11.8 Å². The van der Waals surface area contributed by atoms with Crippen molar-refractivity contribution in [1.82, 2.24) is 0 Å². The fraction of sp³-hybridized carbons (Fsp3) is 0.364. The third kappa shape index (κ3) is 2.83. The quantitative estimate of drug-likeness (QED) is 0.709. The van der Waals surface area contributed by atoms with Crippen LogP contribution in [0.15, 0.2) is 42.5 Å². The molecule has 2 unspecified atom stereocenters. The van der Waals surface area contributed by atoms with Crippen molar-refractivity contribution in [3.05, 3.63) is 58.6 Å². The smallest absolute Gasteiger partial charge is 0.150 e. The van der Waals surface area contributed by atoms with E-state index in [2.05, 4.69) is 19.1 Å². The molecule has 0 saturated heterocycles. The molecule has 2 bridgehead atoms. The minimum atomic E-state index is -0.562. The van der Waals surface area contributed by atoms with E-state index in [4.69, 9.17) is 11.6 Å². The first-order chi connectivity index (χ1) is 12.1. The van der Waals surface area contributed by atoms with Crippen molar-refractivity contribution < 1.29 is 9.59 Å². The normalized spacial score (nSPS) is 25.4. The van der Waals surface area contributed by atoms with Crippen molar-refractivity contribution in [3.8, 4) is 11.1 Å². The van der Waals surface area contributed by atoms with E-state index in [0.29, 0.717) is 5.02 Å². The topological polar surface area (TPSA) is 34.1 Å². The van der Waals surface area contributed by atoms with Gasteiger partial charge >= 0.3 is 0 Å². The molecular formula is C22H21ClO2. The molecule has 0 spiro atoms. The molecule has 2 saturated carbocycles. The number of hydrogen-bond donors (Lipinski definition) is 0. The molecule has 2 aromatic carbocycles. The highest BCUT2D eigenvalue weighted by atomic mass is 35.5. The number of halogens is 1. The van der Waals surface area contributed by atoms with E-state index in [1.807, 2.05) is 30.3 Å². The van der Waals surface area contributed by atoms with Gasteiger partial charge in [0.25, 0.3) is 0 Å². The molecule has 4 rings (SSSR count). The molecule has 25 heavy (non-hydrogen) atoms. The molecule has 128 valence electrons. The summed E-state index contributed by atoms with van der Waals surface area (Å²) in [4.78, 5) is 25.8. The number of rotatable bonds is 3. The van der Waals surface area contributed by atoms with Gasteiger partial charge in [-0.25, -0.2) is 0 Å². The Morgan fingerprint density at radius 3 is 2.12 bits per heavy atom. The van der Waals surface area contributed by atoms with Gasteiger partial charge in [-0.2, -0.15) is 0 Å². The monoisotopic (exact) mass is 352 g/mol. The van der Waals surface area contributed by atoms with Gasteiger partial charge in [0.15, 0.2) is 11.6 Å². The number of ketones is 2. The average molecular weight is 353 g/mol. The molecule has 2 aliphatic carbocycles. The highest BCUT2D eigenvalue weighted by Crippen LogP contribution is 2.45. The van der Waals surface area contributed by atoms with Crippen molar-refractivity contribution in [3.63, 3.8) is 0 Å². The minimum Gasteiger partial charge on any atom is -0.298 e. The summed E-state index contributed by atoms with van der Waals surface area (Å²) in [6, 6.07) is 13.9. The molecule has 0 amide bonds. The largest absolute Gasteiger partial charge is 0.298 e. The van der Waals surface area contributed by atoms with Crippen LogP contribution in [0.25, 0.3) is 11.1 Å². The maximum atomic E-state index is 12.9. The summed E-state index contributed by atoms with van der Waals surface area (Å²) in [5.74, 6) is -0.120. The molecule has 0 N–H and O–H groups in total. The van der Waals surface area contributed by atoms with Crippen molar-refractivity contribution >= 4 is 23.2 Å². The van der Waals surface area contributed by atoms with Crippen LogP contribution in [0.1, 0.15) is 43.2 Å². The van der Waals surface area contributed by atoms with Gasteiger partial charge in [-0.1, -0.05) is 42.8 Å². The number of Topliss-reactive ketones (excluding diaryl/α,β-unsaturated/α-hetero) is 2. The third-order valence-corrected chi connectivity index (χ3v) is 6.07. The highest BCUT2D eigenvalue weighted by Gasteiger charge is 2.47. The Labute approximate surface area is 153 Å². The Morgan fingerprint density at radius 1 is 0.920 bits per heavy atom. The zero-order valence-corrected chi connectivity index (χ0v) is 15.1. The lowest BCUT2D eigenvalue weighted by Crippen LogP contribution is -2.35. The van der Waals surface area contributed by atoms with Crippen LogP contribution >= 0.6 is 11.6 Å². The van der Waals surface area contributed by atoms with Crippen molar-refractivity contribution in [1.29, 1.82) is 0 Å². The summed E-state index contributed by atoms with van der Waals surface area (Å²) < 4.78 is 0. The molecule has 0 aromatic heterocycles. The Hall–Kier alpha value is -1.93. The molecule has 2 aromatic rings. The maximum absolute atomic E-state index is 12.9. The predicted molar refractivity (Wildman–Crippen MR) is 99.9 cm³/mol. The molecule has 0 radical (unpaired) electrons. The molecule has 0 heterocycles. The van der Waals surface area contributed by atoms with Gasteiger partial charge in [-0.3, -0.25) is 9.59 Å². The number of hydrogen-bond acceptors (Lipinski definition) is 2. The van der Waals surface area contributed by atoms with Crippen LogP contribution in [0, 0.1) is 11.8 Å². The fourth-order valence-corrected chi connectivity index (χ4v) is 4.55. The van der Waals surface area contributed by atoms with Crippen LogP contribution in [0.5, 0.6) is 0 Å². The second-order valence-electron chi connectivity index (χ2n) is 7.22. The van der Waals surface area contributed by atoms with Crippen molar-refractivity contribution in [2.75, 3.05) is 0 Å². The number of carbonyl (C=O) groups is 2. The summed E-state index contributed by atoms with van der Waals surface area (Å²) in [5, 5.41) is 0.698. The van der Waals surface area contributed by atoms with Crippen LogP contribution < -0.4 is 0 Å². The molecule has 0 aliphatic heterocycles. The Kier molecular flexibility index (Phi) is 4.24. The van der Waals surface area contributed by atoms with E-state index >= 15 is 0 Å². The van der Waals surface area contributed by atoms with Gasteiger partial charge in [-0.15, -0.1) is 0 Å². The first-order valence-corrected chi connectivity index (χ1v) is 9.42. The number of carbonyl (C=O) groups excluding carboxylic acids is 2. The summed E-state index contributed by atoms with van der Waals surface area (Å²) in [6.45, 7) is 2.08. The predicted octanol–water partition coefficient (Wildman–Crippen LogP) is 5.22. The maximum Gasteiger partial charge on any atom is 0.150 e. The number of benzene rings is 2. The van der Waals surface area contributed by atoms with Gasteiger partial charge in [0.1, 0.15) is 5.92 Å². The first kappa shape index (κ1) is 16.5. The molecule has 2 nitrogen and oxygen atoms in total. The highest BCUT2D eigenvalue weighted by molar-refractivity contribution is 6.30. The summed E-state index contributed by atoms with van der Waals surface area (Å²) in [7, 11) is 0. The van der Waals surface area contributed by atoms with E-state index in [-0.39, 0.29) is 23.4 Å². The van der Waals surface area contributed by atoms with Gasteiger partial charge in [0, 0.05) is 16.9 Å².